The van der Waals surface area contributed by atoms with Gasteiger partial charge in [-0.3, -0.25) is 0 Å². The lowest BCUT2D eigenvalue weighted by molar-refractivity contribution is -0.153. The second-order valence-corrected chi connectivity index (χ2v) is 8.90. The van der Waals surface area contributed by atoms with Crippen LogP contribution in [-0.2, 0) is 6.54 Å². The van der Waals surface area contributed by atoms with Crippen LogP contribution in [0.2, 0.25) is 0 Å². The van der Waals surface area contributed by atoms with Gasteiger partial charge in [0.25, 0.3) is 0 Å². The van der Waals surface area contributed by atoms with Gasteiger partial charge in [0.2, 0.25) is 5.95 Å². The summed E-state index contributed by atoms with van der Waals surface area (Å²) in [4.78, 5) is 8.73. The number of nitrogens with one attached hydrogen (secondary N) is 1. The number of hydrogen-bond donors (Lipinski definition) is 1. The van der Waals surface area contributed by atoms with E-state index >= 15 is 4.39 Å². The van der Waals surface area contributed by atoms with Crippen molar-refractivity contribution in [2.24, 2.45) is 0 Å². The molecule has 2 aromatic heterocycles. The summed E-state index contributed by atoms with van der Waals surface area (Å²) in [5.41, 5.74) is 1.41. The zero-order valence-electron chi connectivity index (χ0n) is 20.7. The standard InChI is InChI=1S/C25H25F4N7O2/c1-15-30-14-36(33-15)21-11-19(26)20(12-22(21)37-2)31-24-32-23-18(5-3-4-10-35(23)34-24)16-6-8-17(9-7-16)38-13-25(27,28)29/h6-9,11-12,14,18H,3-5,10,13H2,1-2H3,(H,31,34). The highest BCUT2D eigenvalue weighted by Crippen LogP contribution is 2.35. The van der Waals surface area contributed by atoms with Crippen LogP contribution >= 0.6 is 0 Å². The van der Waals surface area contributed by atoms with Crippen LogP contribution in [0.4, 0.5) is 29.2 Å². The number of anilines is 2. The molecule has 1 atom stereocenters. The van der Waals surface area contributed by atoms with Crippen molar-refractivity contribution >= 4 is 11.6 Å². The first-order chi connectivity index (χ1) is 18.2. The van der Waals surface area contributed by atoms with Crippen LogP contribution in [0.3, 0.4) is 0 Å². The highest BCUT2D eigenvalue weighted by Gasteiger charge is 2.29. The van der Waals surface area contributed by atoms with E-state index in [-0.39, 0.29) is 23.3 Å². The third kappa shape index (κ3) is 5.55. The molecule has 1 aliphatic rings. The molecule has 0 saturated carbocycles. The Kier molecular flexibility index (Phi) is 6.91. The summed E-state index contributed by atoms with van der Waals surface area (Å²) in [5, 5.41) is 11.7. The summed E-state index contributed by atoms with van der Waals surface area (Å²) in [7, 11) is 1.48. The van der Waals surface area contributed by atoms with Gasteiger partial charge in [0.1, 0.15) is 41.0 Å². The Bertz CT molecular complexity index is 1420. The van der Waals surface area contributed by atoms with Crippen LogP contribution < -0.4 is 14.8 Å². The van der Waals surface area contributed by atoms with E-state index in [0.717, 1.165) is 24.8 Å². The Morgan fingerprint density at radius 3 is 2.58 bits per heavy atom. The number of benzene rings is 2. The van der Waals surface area contributed by atoms with Crippen molar-refractivity contribution in [1.29, 1.82) is 0 Å². The quantitative estimate of drug-likeness (QED) is 0.323. The molecule has 1 aliphatic heterocycles. The number of hydrogen-bond acceptors (Lipinski definition) is 7. The minimum Gasteiger partial charge on any atom is -0.494 e. The predicted molar refractivity (Wildman–Crippen MR) is 130 cm³/mol. The number of nitrogens with zero attached hydrogens (tertiary/aromatic N) is 6. The molecule has 0 radical (unpaired) electrons. The van der Waals surface area contributed by atoms with E-state index in [1.165, 1.54) is 42.4 Å². The molecule has 200 valence electrons. The molecule has 0 spiro atoms. The van der Waals surface area contributed by atoms with Crippen molar-refractivity contribution in [3.63, 3.8) is 0 Å². The van der Waals surface area contributed by atoms with E-state index < -0.39 is 18.6 Å². The summed E-state index contributed by atoms with van der Waals surface area (Å²) in [6.45, 7) is 1.02. The summed E-state index contributed by atoms with van der Waals surface area (Å²) in [6, 6.07) is 9.32. The van der Waals surface area contributed by atoms with E-state index in [1.54, 1.807) is 23.7 Å². The minimum atomic E-state index is -4.40. The molecule has 1 unspecified atom stereocenters. The number of methoxy groups -OCH3 is 1. The van der Waals surface area contributed by atoms with Gasteiger partial charge in [-0.15, -0.1) is 5.10 Å². The van der Waals surface area contributed by atoms with Crippen molar-refractivity contribution in [2.75, 3.05) is 19.0 Å². The monoisotopic (exact) mass is 531 g/mol. The molecule has 0 saturated heterocycles. The van der Waals surface area contributed by atoms with Crippen molar-refractivity contribution < 1.29 is 27.0 Å². The molecule has 3 heterocycles. The molecular formula is C25H25F4N7O2. The second-order valence-electron chi connectivity index (χ2n) is 8.90. The largest absolute Gasteiger partial charge is 0.494 e. The summed E-state index contributed by atoms with van der Waals surface area (Å²) < 4.78 is 66.0. The third-order valence-electron chi connectivity index (χ3n) is 6.18. The zero-order chi connectivity index (χ0) is 26.9. The molecule has 0 fully saturated rings. The van der Waals surface area contributed by atoms with E-state index in [4.69, 9.17) is 9.47 Å². The molecule has 1 N–H and O–H groups in total. The zero-order valence-corrected chi connectivity index (χ0v) is 20.7. The van der Waals surface area contributed by atoms with Crippen molar-refractivity contribution in [2.45, 2.75) is 44.8 Å². The maximum atomic E-state index is 15.1. The number of ether oxygens (including phenoxy) is 2. The van der Waals surface area contributed by atoms with Gasteiger partial charge in [-0.05, 0) is 37.5 Å². The average molecular weight is 532 g/mol. The van der Waals surface area contributed by atoms with Gasteiger partial charge in [-0.25, -0.2) is 18.7 Å². The Hall–Kier alpha value is -4.16. The summed E-state index contributed by atoms with van der Waals surface area (Å²) in [6.07, 6.45) is -0.329. The van der Waals surface area contributed by atoms with Crippen molar-refractivity contribution in [3.8, 4) is 17.2 Å². The number of halogens is 4. The van der Waals surface area contributed by atoms with E-state index in [0.29, 0.717) is 29.6 Å². The lowest BCUT2D eigenvalue weighted by atomic mass is 9.93. The predicted octanol–water partition coefficient (Wildman–Crippen LogP) is 5.32. The number of rotatable bonds is 7. The summed E-state index contributed by atoms with van der Waals surface area (Å²) in [5.74, 6) is 1.29. The second kappa shape index (κ2) is 10.3. The molecule has 0 aliphatic carbocycles. The average Bonchev–Trinajstić information content (AvgIpc) is 3.44. The molecule has 5 rings (SSSR count). The van der Waals surface area contributed by atoms with Gasteiger partial charge >= 0.3 is 6.18 Å². The SMILES string of the molecule is COc1cc(Nc2nc3n(n2)CCCCC3c2ccc(OCC(F)(F)F)cc2)c(F)cc1-n1cnc(C)n1. The van der Waals surface area contributed by atoms with Gasteiger partial charge in [-0.1, -0.05) is 18.6 Å². The van der Waals surface area contributed by atoms with Crippen molar-refractivity contribution in [1.82, 2.24) is 29.5 Å². The Morgan fingerprint density at radius 1 is 1.11 bits per heavy atom. The fraction of sp³-hybridized carbons (Fsp3) is 0.360. The Labute approximate surface area is 215 Å². The Balaban J connectivity index is 1.39. The van der Waals surface area contributed by atoms with E-state index in [9.17, 15) is 13.2 Å². The molecule has 2 aromatic carbocycles. The van der Waals surface area contributed by atoms with Crippen LogP contribution in [0.15, 0.2) is 42.7 Å². The fourth-order valence-corrected chi connectivity index (χ4v) is 4.41. The van der Waals surface area contributed by atoms with E-state index in [1.807, 2.05) is 0 Å². The number of fused-ring (bicyclic) bond motifs is 1. The fourth-order valence-electron chi connectivity index (χ4n) is 4.41. The third-order valence-corrected chi connectivity index (χ3v) is 6.18. The van der Waals surface area contributed by atoms with Crippen LogP contribution in [0.25, 0.3) is 5.69 Å². The highest BCUT2D eigenvalue weighted by atomic mass is 19.4. The smallest absolute Gasteiger partial charge is 0.422 e. The van der Waals surface area contributed by atoms with E-state index in [2.05, 4.69) is 25.5 Å². The molecule has 4 aromatic rings. The van der Waals surface area contributed by atoms with Gasteiger partial charge in [0.05, 0.1) is 12.8 Å². The maximum Gasteiger partial charge on any atom is 0.422 e. The molecular weight excluding hydrogens is 506 g/mol. The van der Waals surface area contributed by atoms with Crippen LogP contribution in [-0.4, -0.2) is 49.4 Å². The Morgan fingerprint density at radius 2 is 1.89 bits per heavy atom. The van der Waals surface area contributed by atoms with Gasteiger partial charge in [0.15, 0.2) is 6.61 Å². The molecule has 9 nitrogen and oxygen atoms in total. The molecule has 0 bridgehead atoms. The first-order valence-corrected chi connectivity index (χ1v) is 12.0. The van der Waals surface area contributed by atoms with Crippen LogP contribution in [0, 0.1) is 12.7 Å². The first kappa shape index (κ1) is 25.5. The van der Waals surface area contributed by atoms with Gasteiger partial charge < -0.3 is 14.8 Å². The molecule has 13 heteroatoms. The van der Waals surface area contributed by atoms with Crippen molar-refractivity contribution in [3.05, 3.63) is 65.8 Å². The maximum absolute atomic E-state index is 15.1. The van der Waals surface area contributed by atoms with Gasteiger partial charge in [0, 0.05) is 24.6 Å². The number of alkyl halides is 3. The first-order valence-electron chi connectivity index (χ1n) is 12.0. The lowest BCUT2D eigenvalue weighted by Crippen LogP contribution is -2.19. The minimum absolute atomic E-state index is 0.130. The van der Waals surface area contributed by atoms with Crippen LogP contribution in [0.5, 0.6) is 11.5 Å². The van der Waals surface area contributed by atoms with Gasteiger partial charge in [-0.2, -0.15) is 23.3 Å². The molecule has 0 amide bonds. The number of aryl methyl sites for hydroxylation is 2. The molecule has 38 heavy (non-hydrogen) atoms. The lowest BCUT2D eigenvalue weighted by Gasteiger charge is -2.15. The normalized spacial score (nSPS) is 15.6. The number of aromatic nitrogens is 6. The topological polar surface area (TPSA) is 91.9 Å². The van der Waals surface area contributed by atoms with Crippen LogP contribution in [0.1, 0.15) is 42.4 Å². The highest BCUT2D eigenvalue weighted by molar-refractivity contribution is 5.62. The summed E-state index contributed by atoms with van der Waals surface area (Å²) >= 11 is 0.